The van der Waals surface area contributed by atoms with Gasteiger partial charge in [-0.1, -0.05) is 11.6 Å². The first-order valence-corrected chi connectivity index (χ1v) is 9.57. The van der Waals surface area contributed by atoms with E-state index in [-0.39, 0.29) is 22.3 Å². The summed E-state index contributed by atoms with van der Waals surface area (Å²) in [7, 11) is -2.55. The van der Waals surface area contributed by atoms with Gasteiger partial charge in [-0.3, -0.25) is 4.98 Å². The van der Waals surface area contributed by atoms with Crippen LogP contribution in [0, 0.1) is 5.82 Å². The molecule has 0 aliphatic rings. The van der Waals surface area contributed by atoms with Gasteiger partial charge in [-0.15, -0.1) is 0 Å². The normalized spacial score (nSPS) is 11.1. The second-order valence-corrected chi connectivity index (χ2v) is 7.34. The maximum atomic E-state index is 14.1. The Morgan fingerprint density at radius 1 is 1.21 bits per heavy atom. The fourth-order valence-corrected chi connectivity index (χ4v) is 3.12. The van der Waals surface area contributed by atoms with Crippen molar-refractivity contribution < 1.29 is 17.5 Å². The van der Waals surface area contributed by atoms with Crippen LogP contribution in [0.5, 0.6) is 5.75 Å². The highest BCUT2D eigenvalue weighted by Crippen LogP contribution is 2.29. The second-order valence-electron chi connectivity index (χ2n) is 5.41. The smallest absolute Gasteiger partial charge is 0.241 e. The number of rotatable bonds is 6. The lowest BCUT2D eigenvalue weighted by Crippen LogP contribution is -2.15. The summed E-state index contributed by atoms with van der Waals surface area (Å²) in [5.41, 5.74) is 0.561. The first-order valence-electron chi connectivity index (χ1n) is 7.65. The number of nitrogens with one attached hydrogen (secondary N) is 2. The molecule has 0 saturated heterocycles. The quantitative estimate of drug-likeness (QED) is 0.550. The Kier molecular flexibility index (Phi) is 5.58. The van der Waals surface area contributed by atoms with E-state index in [4.69, 9.17) is 21.5 Å². The van der Waals surface area contributed by atoms with Crippen molar-refractivity contribution in [1.82, 2.24) is 15.0 Å². The topological polar surface area (TPSA) is 132 Å². The third kappa shape index (κ3) is 4.44. The number of sulfonamides is 1. The molecule has 0 radical (unpaired) electrons. The Hall–Kier alpha value is -3.02. The highest BCUT2D eigenvalue weighted by atomic mass is 35.5. The van der Waals surface area contributed by atoms with Gasteiger partial charge in [0.1, 0.15) is 10.6 Å². The minimum Gasteiger partial charge on any atom is -0.495 e. The molecule has 146 valence electrons. The number of nitrogens with two attached hydrogens (primary N) is 1. The standard InChI is InChI=1S/C16H14ClFN6O3S/c1-27-13-3-2-9(6-10(13)17)22-15-11(18)7-21-16(24-15)23-12-4-5-20-8-14(12)28(19,25)26/h2-8H,1H3,(H2,19,25,26)(H2,20,21,22,23,24). The van der Waals surface area contributed by atoms with Crippen molar-refractivity contribution in [2.45, 2.75) is 4.90 Å². The van der Waals surface area contributed by atoms with Crippen molar-refractivity contribution in [2.75, 3.05) is 17.7 Å². The molecule has 0 aliphatic carbocycles. The molecule has 0 amide bonds. The molecule has 28 heavy (non-hydrogen) atoms. The molecule has 4 N–H and O–H groups in total. The number of nitrogens with zero attached hydrogens (tertiary/aromatic N) is 3. The first-order chi connectivity index (χ1) is 13.3. The van der Waals surface area contributed by atoms with Gasteiger partial charge in [0.05, 0.1) is 24.0 Å². The minimum absolute atomic E-state index is 0.0559. The van der Waals surface area contributed by atoms with Crippen LogP contribution in [0.2, 0.25) is 5.02 Å². The van der Waals surface area contributed by atoms with E-state index in [1.54, 1.807) is 12.1 Å². The highest BCUT2D eigenvalue weighted by Gasteiger charge is 2.16. The van der Waals surface area contributed by atoms with Gasteiger partial charge >= 0.3 is 0 Å². The van der Waals surface area contributed by atoms with Crippen LogP contribution in [0.3, 0.4) is 0 Å². The van der Waals surface area contributed by atoms with Crippen LogP contribution in [0.1, 0.15) is 0 Å². The maximum absolute atomic E-state index is 14.1. The number of hydrogen-bond donors (Lipinski definition) is 3. The molecule has 12 heteroatoms. The van der Waals surface area contributed by atoms with E-state index in [1.165, 1.54) is 25.4 Å². The summed E-state index contributed by atoms with van der Waals surface area (Å²) in [6, 6.07) is 6.15. The zero-order chi connectivity index (χ0) is 20.3. The van der Waals surface area contributed by atoms with Gasteiger partial charge in [0.2, 0.25) is 16.0 Å². The van der Waals surface area contributed by atoms with Gasteiger partial charge in [0, 0.05) is 18.1 Å². The van der Waals surface area contributed by atoms with Crippen molar-refractivity contribution in [3.8, 4) is 5.75 Å². The van der Waals surface area contributed by atoms with Crippen LogP contribution in [0.4, 0.5) is 27.5 Å². The molecule has 3 aromatic rings. The third-order valence-corrected chi connectivity index (χ3v) is 4.73. The molecule has 0 aliphatic heterocycles. The number of halogens is 2. The molecule has 0 atom stereocenters. The van der Waals surface area contributed by atoms with E-state index >= 15 is 0 Å². The average Bonchev–Trinajstić information content (AvgIpc) is 2.64. The summed E-state index contributed by atoms with van der Waals surface area (Å²) >= 11 is 6.06. The van der Waals surface area contributed by atoms with E-state index in [9.17, 15) is 12.8 Å². The number of pyridine rings is 1. The number of benzene rings is 1. The lowest BCUT2D eigenvalue weighted by atomic mass is 10.3. The number of ether oxygens (including phenoxy) is 1. The Bertz CT molecular complexity index is 1130. The van der Waals surface area contributed by atoms with Crippen LogP contribution >= 0.6 is 11.6 Å². The molecule has 0 unspecified atom stereocenters. The summed E-state index contributed by atoms with van der Waals surface area (Å²) in [6.45, 7) is 0. The largest absolute Gasteiger partial charge is 0.495 e. The molecule has 2 heterocycles. The van der Waals surface area contributed by atoms with E-state index in [2.05, 4.69) is 25.6 Å². The lowest BCUT2D eigenvalue weighted by molar-refractivity contribution is 0.415. The molecule has 9 nitrogen and oxygen atoms in total. The van der Waals surface area contributed by atoms with Gasteiger partial charge in [-0.25, -0.2) is 22.9 Å². The van der Waals surface area contributed by atoms with E-state index < -0.39 is 15.8 Å². The number of methoxy groups -OCH3 is 1. The summed E-state index contributed by atoms with van der Waals surface area (Å²) in [5.74, 6) is -0.464. The van der Waals surface area contributed by atoms with Gasteiger partial charge in [-0.2, -0.15) is 4.98 Å². The predicted octanol–water partition coefficient (Wildman–Crippen LogP) is 2.81. The zero-order valence-corrected chi connectivity index (χ0v) is 15.9. The van der Waals surface area contributed by atoms with Gasteiger partial charge in [-0.05, 0) is 24.3 Å². The van der Waals surface area contributed by atoms with E-state index in [1.807, 2.05) is 0 Å². The molecule has 0 fully saturated rings. The lowest BCUT2D eigenvalue weighted by Gasteiger charge is -2.12. The molecule has 0 saturated carbocycles. The number of hydrogen-bond acceptors (Lipinski definition) is 8. The van der Waals surface area contributed by atoms with E-state index in [0.717, 1.165) is 12.4 Å². The molecule has 1 aromatic carbocycles. The highest BCUT2D eigenvalue weighted by molar-refractivity contribution is 7.89. The summed E-state index contributed by atoms with van der Waals surface area (Å²) in [5, 5.41) is 11.0. The van der Waals surface area contributed by atoms with Crippen molar-refractivity contribution in [1.29, 1.82) is 0 Å². The minimum atomic E-state index is -4.03. The molecule has 3 rings (SSSR count). The van der Waals surface area contributed by atoms with Crippen LogP contribution in [0.25, 0.3) is 0 Å². The molecular formula is C16H14ClFN6O3S. The molecular weight excluding hydrogens is 411 g/mol. The Labute approximate surface area is 164 Å². The van der Waals surface area contributed by atoms with Crippen LogP contribution in [0.15, 0.2) is 47.8 Å². The molecule has 0 bridgehead atoms. The van der Waals surface area contributed by atoms with Crippen LogP contribution in [-0.2, 0) is 10.0 Å². The van der Waals surface area contributed by atoms with Crippen molar-refractivity contribution in [2.24, 2.45) is 5.14 Å². The monoisotopic (exact) mass is 424 g/mol. The molecule has 2 aromatic heterocycles. The van der Waals surface area contributed by atoms with Crippen molar-refractivity contribution >= 4 is 44.8 Å². The van der Waals surface area contributed by atoms with Gasteiger partial charge in [0.15, 0.2) is 11.6 Å². The summed E-state index contributed by atoms with van der Waals surface area (Å²) in [6.07, 6.45) is 3.37. The van der Waals surface area contributed by atoms with Gasteiger partial charge < -0.3 is 15.4 Å². The summed E-state index contributed by atoms with van der Waals surface area (Å²) < 4.78 is 42.5. The Morgan fingerprint density at radius 2 is 2.00 bits per heavy atom. The third-order valence-electron chi connectivity index (χ3n) is 3.50. The number of anilines is 4. The Morgan fingerprint density at radius 3 is 2.68 bits per heavy atom. The number of primary sulfonamides is 1. The second kappa shape index (κ2) is 7.92. The zero-order valence-electron chi connectivity index (χ0n) is 14.3. The van der Waals surface area contributed by atoms with Crippen molar-refractivity contribution in [3.05, 3.63) is 53.7 Å². The maximum Gasteiger partial charge on any atom is 0.241 e. The summed E-state index contributed by atoms with van der Waals surface area (Å²) in [4.78, 5) is 11.3. The van der Waals surface area contributed by atoms with Crippen LogP contribution < -0.4 is 20.5 Å². The number of aromatic nitrogens is 3. The van der Waals surface area contributed by atoms with Crippen LogP contribution in [-0.4, -0.2) is 30.5 Å². The van der Waals surface area contributed by atoms with E-state index in [0.29, 0.717) is 16.5 Å². The first kappa shape index (κ1) is 19.7. The Balaban J connectivity index is 1.90. The average molecular weight is 425 g/mol. The fraction of sp³-hybridized carbons (Fsp3) is 0.0625. The fourth-order valence-electron chi connectivity index (χ4n) is 2.23. The van der Waals surface area contributed by atoms with Gasteiger partial charge in [0.25, 0.3) is 0 Å². The molecule has 0 spiro atoms. The SMILES string of the molecule is COc1ccc(Nc2nc(Nc3ccncc3S(N)(=O)=O)ncc2F)cc1Cl. The van der Waals surface area contributed by atoms with Crippen molar-refractivity contribution in [3.63, 3.8) is 0 Å². The predicted molar refractivity (Wildman–Crippen MR) is 102 cm³/mol.